The maximum absolute atomic E-state index is 12.7. The van der Waals surface area contributed by atoms with Crippen LogP contribution in [0.4, 0.5) is 18.0 Å². The number of aryl methyl sites for hydroxylation is 1. The van der Waals surface area contributed by atoms with Crippen molar-refractivity contribution in [3.8, 4) is 0 Å². The minimum atomic E-state index is -4.45. The van der Waals surface area contributed by atoms with Gasteiger partial charge in [0.2, 0.25) is 10.0 Å². The Kier molecular flexibility index (Phi) is 7.03. The molecule has 0 aliphatic heterocycles. The molecule has 0 saturated heterocycles. The largest absolute Gasteiger partial charge is 0.416 e. The van der Waals surface area contributed by atoms with E-state index >= 15 is 0 Å². The summed E-state index contributed by atoms with van der Waals surface area (Å²) in [6.45, 7) is 1.73. The number of carbonyl (C=O) groups is 1. The number of halogens is 3. The lowest BCUT2D eigenvalue weighted by molar-refractivity contribution is -0.137. The molecule has 0 spiro atoms. The van der Waals surface area contributed by atoms with E-state index in [9.17, 15) is 26.4 Å². The Balaban J connectivity index is 1.75. The second-order valence-electron chi connectivity index (χ2n) is 6.02. The van der Waals surface area contributed by atoms with Crippen LogP contribution in [0.25, 0.3) is 0 Å². The van der Waals surface area contributed by atoms with E-state index in [2.05, 4.69) is 15.4 Å². The minimum absolute atomic E-state index is 0.0134. The van der Waals surface area contributed by atoms with E-state index in [4.69, 9.17) is 0 Å². The number of hydrogen-bond donors (Lipinski definition) is 3. The molecule has 2 aromatic rings. The molecule has 2 amide bonds. The maximum Gasteiger partial charge on any atom is 0.416 e. The number of urea groups is 1. The van der Waals surface area contributed by atoms with Gasteiger partial charge in [-0.1, -0.05) is 29.8 Å². The van der Waals surface area contributed by atoms with Gasteiger partial charge in [-0.2, -0.15) is 13.2 Å². The molecule has 0 bridgehead atoms. The average Bonchev–Trinajstić information content (AvgIpc) is 2.63. The van der Waals surface area contributed by atoms with Crippen LogP contribution in [0.3, 0.4) is 0 Å². The van der Waals surface area contributed by atoms with Crippen molar-refractivity contribution in [2.75, 3.05) is 13.1 Å². The molecular formula is C18H20F3N3O3S. The van der Waals surface area contributed by atoms with Gasteiger partial charge in [0.1, 0.15) is 0 Å². The first-order chi connectivity index (χ1) is 13.1. The van der Waals surface area contributed by atoms with Crippen LogP contribution >= 0.6 is 0 Å². The van der Waals surface area contributed by atoms with Crippen LogP contribution in [0.15, 0.2) is 53.4 Å². The van der Waals surface area contributed by atoms with Crippen LogP contribution < -0.4 is 15.4 Å². The molecule has 0 unspecified atom stereocenters. The lowest BCUT2D eigenvalue weighted by Gasteiger charge is -2.11. The van der Waals surface area contributed by atoms with Gasteiger partial charge in [0, 0.05) is 19.6 Å². The van der Waals surface area contributed by atoms with E-state index in [1.54, 1.807) is 12.1 Å². The average molecular weight is 415 g/mol. The highest BCUT2D eigenvalue weighted by atomic mass is 32.2. The van der Waals surface area contributed by atoms with Crippen LogP contribution in [-0.4, -0.2) is 27.5 Å². The molecule has 0 aromatic heterocycles. The number of carbonyl (C=O) groups excluding carboxylic acids is 1. The molecule has 0 atom stereocenters. The predicted molar refractivity (Wildman–Crippen MR) is 98.0 cm³/mol. The first kappa shape index (κ1) is 21.7. The van der Waals surface area contributed by atoms with Crippen molar-refractivity contribution in [3.05, 3.63) is 65.2 Å². The summed E-state index contributed by atoms with van der Waals surface area (Å²) in [7, 11) is -3.68. The number of rotatable bonds is 7. The number of sulfonamides is 1. The topological polar surface area (TPSA) is 87.3 Å². The maximum atomic E-state index is 12.7. The summed E-state index contributed by atoms with van der Waals surface area (Å²) in [5, 5.41) is 4.85. The summed E-state index contributed by atoms with van der Waals surface area (Å²) >= 11 is 0. The molecule has 10 heteroatoms. The standard InChI is InChI=1S/C18H20F3N3O3S/c1-13-5-7-16(8-6-13)28(26,27)24-10-9-22-17(25)23-12-14-3-2-4-15(11-14)18(19,20)21/h2-8,11,24H,9-10,12H2,1H3,(H2,22,23,25). The third-order valence-electron chi connectivity index (χ3n) is 3.74. The van der Waals surface area contributed by atoms with Crippen molar-refractivity contribution in [2.45, 2.75) is 24.5 Å². The molecule has 0 saturated carbocycles. The molecule has 6 nitrogen and oxygen atoms in total. The van der Waals surface area contributed by atoms with Crippen LogP contribution in [-0.2, 0) is 22.7 Å². The Hall–Kier alpha value is -2.59. The normalized spacial score (nSPS) is 11.9. The second-order valence-corrected chi connectivity index (χ2v) is 7.79. The zero-order valence-corrected chi connectivity index (χ0v) is 15.8. The molecule has 0 aliphatic rings. The predicted octanol–water partition coefficient (Wildman–Crippen LogP) is 2.79. The first-order valence-corrected chi connectivity index (χ1v) is 9.80. The molecule has 2 rings (SSSR count). The summed E-state index contributed by atoms with van der Waals surface area (Å²) in [6.07, 6.45) is -4.45. The lowest BCUT2D eigenvalue weighted by Crippen LogP contribution is -2.40. The summed E-state index contributed by atoms with van der Waals surface area (Å²) in [5.41, 5.74) is 0.431. The summed E-state index contributed by atoms with van der Waals surface area (Å²) < 4.78 is 64.5. The molecule has 0 fully saturated rings. The molecule has 2 aromatic carbocycles. The van der Waals surface area contributed by atoms with Crippen molar-refractivity contribution in [1.29, 1.82) is 0 Å². The van der Waals surface area contributed by atoms with E-state index in [1.165, 1.54) is 24.3 Å². The zero-order valence-electron chi connectivity index (χ0n) is 15.0. The third-order valence-corrected chi connectivity index (χ3v) is 5.22. The van der Waals surface area contributed by atoms with Gasteiger partial charge in [0.25, 0.3) is 0 Å². The Morgan fingerprint density at radius 3 is 2.32 bits per heavy atom. The Morgan fingerprint density at radius 2 is 1.68 bits per heavy atom. The van der Waals surface area contributed by atoms with E-state index < -0.39 is 27.8 Å². The molecular weight excluding hydrogens is 395 g/mol. The van der Waals surface area contributed by atoms with Gasteiger partial charge >= 0.3 is 12.2 Å². The Morgan fingerprint density at radius 1 is 1.00 bits per heavy atom. The van der Waals surface area contributed by atoms with E-state index in [0.29, 0.717) is 5.56 Å². The van der Waals surface area contributed by atoms with Crippen molar-refractivity contribution in [1.82, 2.24) is 15.4 Å². The van der Waals surface area contributed by atoms with Crippen LogP contribution in [0.5, 0.6) is 0 Å². The molecule has 0 heterocycles. The number of hydrogen-bond acceptors (Lipinski definition) is 3. The fourth-order valence-electron chi connectivity index (χ4n) is 2.26. The van der Waals surface area contributed by atoms with Crippen LogP contribution in [0.2, 0.25) is 0 Å². The molecule has 0 radical (unpaired) electrons. The summed E-state index contributed by atoms with van der Waals surface area (Å²) in [4.78, 5) is 11.8. The third kappa shape index (κ3) is 6.54. The smallest absolute Gasteiger partial charge is 0.337 e. The van der Waals surface area contributed by atoms with Crippen molar-refractivity contribution < 1.29 is 26.4 Å². The van der Waals surface area contributed by atoms with Gasteiger partial charge in [-0.25, -0.2) is 17.9 Å². The minimum Gasteiger partial charge on any atom is -0.337 e. The van der Waals surface area contributed by atoms with E-state index in [-0.39, 0.29) is 24.5 Å². The van der Waals surface area contributed by atoms with E-state index in [1.807, 2.05) is 6.92 Å². The highest BCUT2D eigenvalue weighted by Crippen LogP contribution is 2.29. The van der Waals surface area contributed by atoms with Crippen molar-refractivity contribution in [2.24, 2.45) is 0 Å². The van der Waals surface area contributed by atoms with Crippen molar-refractivity contribution >= 4 is 16.1 Å². The quantitative estimate of drug-likeness (QED) is 0.608. The number of alkyl halides is 3. The SMILES string of the molecule is Cc1ccc(S(=O)(=O)NCCNC(=O)NCc2cccc(C(F)(F)F)c2)cc1. The van der Waals surface area contributed by atoms with Crippen molar-refractivity contribution in [3.63, 3.8) is 0 Å². The molecule has 152 valence electrons. The molecule has 3 N–H and O–H groups in total. The van der Waals surface area contributed by atoms with Crippen LogP contribution in [0.1, 0.15) is 16.7 Å². The van der Waals surface area contributed by atoms with Gasteiger partial charge in [-0.3, -0.25) is 0 Å². The van der Waals surface area contributed by atoms with Gasteiger partial charge in [-0.15, -0.1) is 0 Å². The van der Waals surface area contributed by atoms with Gasteiger partial charge in [-0.05, 0) is 36.8 Å². The highest BCUT2D eigenvalue weighted by Gasteiger charge is 2.30. The summed E-state index contributed by atoms with van der Waals surface area (Å²) in [6, 6.07) is 10.3. The first-order valence-electron chi connectivity index (χ1n) is 8.32. The fraction of sp³-hybridized carbons (Fsp3) is 0.278. The molecule has 0 aliphatic carbocycles. The van der Waals surface area contributed by atoms with Gasteiger partial charge in [0.05, 0.1) is 10.5 Å². The Labute approximate surface area is 161 Å². The van der Waals surface area contributed by atoms with Crippen LogP contribution in [0, 0.1) is 6.92 Å². The zero-order chi connectivity index (χ0) is 20.8. The second kappa shape index (κ2) is 9.07. The number of nitrogens with one attached hydrogen (secondary N) is 3. The van der Waals surface area contributed by atoms with Gasteiger partial charge in [0.15, 0.2) is 0 Å². The monoisotopic (exact) mass is 415 g/mol. The van der Waals surface area contributed by atoms with E-state index in [0.717, 1.165) is 17.7 Å². The Bertz CT molecular complexity index is 914. The highest BCUT2D eigenvalue weighted by molar-refractivity contribution is 7.89. The molecule has 28 heavy (non-hydrogen) atoms. The summed E-state index contributed by atoms with van der Waals surface area (Å²) in [5.74, 6) is 0. The van der Waals surface area contributed by atoms with Gasteiger partial charge < -0.3 is 10.6 Å². The number of benzene rings is 2. The lowest BCUT2D eigenvalue weighted by atomic mass is 10.1. The number of amides is 2. The fourth-order valence-corrected chi connectivity index (χ4v) is 3.30.